The van der Waals surface area contributed by atoms with Crippen LogP contribution in [0.15, 0.2) is 63.5 Å². The van der Waals surface area contributed by atoms with E-state index in [9.17, 15) is 23.1 Å². The maximum atomic E-state index is 13.6. The van der Waals surface area contributed by atoms with Gasteiger partial charge in [-0.15, -0.1) is 0 Å². The number of likely N-dealkylation sites (tertiary alicyclic amines) is 1. The quantitative estimate of drug-likeness (QED) is 0.267. The van der Waals surface area contributed by atoms with Crippen molar-refractivity contribution in [3.8, 4) is 0 Å². The molecule has 2 aliphatic rings. The fourth-order valence-electron chi connectivity index (χ4n) is 4.68. The Labute approximate surface area is 225 Å². The highest BCUT2D eigenvalue weighted by atomic mass is 79.9. The molecule has 9 nitrogen and oxygen atoms in total. The van der Waals surface area contributed by atoms with Gasteiger partial charge in [-0.3, -0.25) is 9.59 Å². The monoisotopic (exact) mass is 591 g/mol. The molecular weight excluding hydrogens is 562 g/mol. The Morgan fingerprint density at radius 1 is 1.14 bits per heavy atom. The lowest BCUT2D eigenvalue weighted by Gasteiger charge is -2.29. The van der Waals surface area contributed by atoms with Gasteiger partial charge in [0.05, 0.1) is 30.7 Å². The van der Waals surface area contributed by atoms with Crippen molar-refractivity contribution in [2.45, 2.75) is 17.4 Å². The number of nitrogens with zero attached hydrogens (tertiary/aromatic N) is 2. The van der Waals surface area contributed by atoms with E-state index in [4.69, 9.17) is 4.74 Å². The summed E-state index contributed by atoms with van der Waals surface area (Å²) in [6.07, 6.45) is 0.678. The maximum Gasteiger partial charge on any atom is 0.295 e. The summed E-state index contributed by atoms with van der Waals surface area (Å²) in [5, 5.41) is 13.6. The number of ketones is 1. The van der Waals surface area contributed by atoms with Crippen LogP contribution in [-0.4, -0.2) is 82.8 Å². The summed E-state index contributed by atoms with van der Waals surface area (Å²) in [5.74, 6) is -2.10. The predicted octanol–water partition coefficient (Wildman–Crippen LogP) is 0.229. The molecule has 2 aliphatic heterocycles. The van der Waals surface area contributed by atoms with Crippen LogP contribution in [0.3, 0.4) is 0 Å². The Morgan fingerprint density at radius 2 is 1.81 bits per heavy atom. The van der Waals surface area contributed by atoms with Crippen molar-refractivity contribution in [2.24, 2.45) is 0 Å². The second-order valence-electron chi connectivity index (χ2n) is 9.31. The molecule has 2 saturated heterocycles. The van der Waals surface area contributed by atoms with E-state index in [1.807, 2.05) is 6.07 Å². The van der Waals surface area contributed by atoms with Crippen molar-refractivity contribution in [2.75, 3.05) is 53.5 Å². The molecule has 1 N–H and O–H groups in total. The third-order valence-corrected chi connectivity index (χ3v) is 9.04. The minimum absolute atomic E-state index is 0.0312. The Kier molecular flexibility index (Phi) is 8.49. The van der Waals surface area contributed by atoms with Crippen LogP contribution in [0.1, 0.15) is 23.6 Å². The number of Topliss-reactive ketones (excluding diaryl/α,β-unsaturated/α-hetero) is 1. The number of quaternary nitrogens is 1. The summed E-state index contributed by atoms with van der Waals surface area (Å²) in [6.45, 7) is 4.38. The predicted molar refractivity (Wildman–Crippen MR) is 139 cm³/mol. The van der Waals surface area contributed by atoms with Crippen LogP contribution >= 0.6 is 15.9 Å². The lowest BCUT2D eigenvalue weighted by Crippen LogP contribution is -3.14. The van der Waals surface area contributed by atoms with Gasteiger partial charge in [0.15, 0.2) is 0 Å². The molecule has 11 heteroatoms. The number of ether oxygens (including phenoxy) is 1. The number of morpholine rings is 1. The normalized spacial score (nSPS) is 20.6. The van der Waals surface area contributed by atoms with E-state index >= 15 is 0 Å². The SMILES string of the molecule is CN(C)S(=O)(=O)c1ccc(C([O-])=C2C(=O)C(=O)N(CCC[NH+]3CCOCC3)C2c2cccc(Br)c2)cc1. The smallest absolute Gasteiger partial charge is 0.295 e. The van der Waals surface area contributed by atoms with E-state index in [1.165, 1.54) is 48.2 Å². The first-order valence-electron chi connectivity index (χ1n) is 12.1. The van der Waals surface area contributed by atoms with Crippen molar-refractivity contribution in [3.63, 3.8) is 0 Å². The van der Waals surface area contributed by atoms with Gasteiger partial charge in [0.1, 0.15) is 13.1 Å². The van der Waals surface area contributed by atoms with Gasteiger partial charge in [0.2, 0.25) is 15.8 Å². The van der Waals surface area contributed by atoms with Crippen LogP contribution in [0.5, 0.6) is 0 Å². The van der Waals surface area contributed by atoms with Crippen LogP contribution < -0.4 is 10.0 Å². The van der Waals surface area contributed by atoms with Crippen molar-refractivity contribution in [1.82, 2.24) is 9.21 Å². The lowest BCUT2D eigenvalue weighted by molar-refractivity contribution is -0.908. The molecule has 4 rings (SSSR count). The minimum atomic E-state index is -3.67. The Morgan fingerprint density at radius 3 is 2.43 bits per heavy atom. The summed E-state index contributed by atoms with van der Waals surface area (Å²) >= 11 is 3.45. The first-order chi connectivity index (χ1) is 17.6. The highest BCUT2D eigenvalue weighted by molar-refractivity contribution is 9.10. The summed E-state index contributed by atoms with van der Waals surface area (Å²) < 4.78 is 32.1. The van der Waals surface area contributed by atoms with Crippen LogP contribution in [0.25, 0.3) is 5.76 Å². The molecule has 0 aromatic heterocycles. The van der Waals surface area contributed by atoms with E-state index in [0.29, 0.717) is 31.7 Å². The topological polar surface area (TPSA) is 111 Å². The van der Waals surface area contributed by atoms with Gasteiger partial charge in [-0.1, -0.05) is 46.0 Å². The number of hydrogen-bond acceptors (Lipinski definition) is 6. The first-order valence-corrected chi connectivity index (χ1v) is 14.3. The van der Waals surface area contributed by atoms with Gasteiger partial charge < -0.3 is 19.6 Å². The third-order valence-electron chi connectivity index (χ3n) is 6.72. The van der Waals surface area contributed by atoms with Crippen molar-refractivity contribution in [1.29, 1.82) is 0 Å². The standard InChI is InChI=1S/C26H30BrN3O6S/c1-28(2)37(34,35)21-9-7-18(8-10-21)24(31)22-23(19-5-3-6-20(27)17-19)30(26(33)25(22)32)12-4-11-29-13-15-36-16-14-29/h3,5-10,17,23,31H,4,11-16H2,1-2H3. The molecule has 1 unspecified atom stereocenters. The van der Waals surface area contributed by atoms with E-state index < -0.39 is 33.5 Å². The highest BCUT2D eigenvalue weighted by Crippen LogP contribution is 2.39. The van der Waals surface area contributed by atoms with E-state index in [0.717, 1.165) is 28.4 Å². The number of carbonyl (C=O) groups excluding carboxylic acids is 2. The Balaban J connectivity index is 1.68. The second-order valence-corrected chi connectivity index (χ2v) is 12.4. The molecule has 0 saturated carbocycles. The number of sulfonamides is 1. The number of rotatable bonds is 8. The number of nitrogens with one attached hydrogen (secondary N) is 1. The molecule has 1 amide bonds. The Hall–Kier alpha value is -2.57. The van der Waals surface area contributed by atoms with Crippen molar-refractivity contribution in [3.05, 3.63) is 69.7 Å². The van der Waals surface area contributed by atoms with E-state index in [1.54, 1.807) is 18.2 Å². The molecule has 2 heterocycles. The zero-order valence-electron chi connectivity index (χ0n) is 20.8. The summed E-state index contributed by atoms with van der Waals surface area (Å²) in [5.41, 5.74) is 0.681. The van der Waals surface area contributed by atoms with Gasteiger partial charge >= 0.3 is 0 Å². The van der Waals surface area contributed by atoms with Gasteiger partial charge in [-0.25, -0.2) is 12.7 Å². The third kappa shape index (κ3) is 5.80. The molecule has 1 atom stereocenters. The average molecular weight is 593 g/mol. The van der Waals surface area contributed by atoms with Crippen LogP contribution in [0.2, 0.25) is 0 Å². The average Bonchev–Trinajstić information content (AvgIpc) is 3.14. The van der Waals surface area contributed by atoms with Gasteiger partial charge in [0.25, 0.3) is 5.91 Å². The number of benzene rings is 2. The van der Waals surface area contributed by atoms with Crippen LogP contribution in [0.4, 0.5) is 0 Å². The van der Waals surface area contributed by atoms with Gasteiger partial charge in [-0.2, -0.15) is 0 Å². The zero-order chi connectivity index (χ0) is 26.7. The zero-order valence-corrected chi connectivity index (χ0v) is 23.2. The molecule has 2 fully saturated rings. The van der Waals surface area contributed by atoms with Crippen molar-refractivity contribution < 1.29 is 32.8 Å². The summed E-state index contributed by atoms with van der Waals surface area (Å²) in [4.78, 5) is 29.2. The fraction of sp³-hybridized carbons (Fsp3) is 0.385. The second kappa shape index (κ2) is 11.4. The van der Waals surface area contributed by atoms with E-state index in [-0.39, 0.29) is 16.0 Å². The Bertz CT molecular complexity index is 1300. The number of halogens is 1. The molecule has 2 aromatic rings. The minimum Gasteiger partial charge on any atom is -0.872 e. The molecule has 0 radical (unpaired) electrons. The molecule has 2 aromatic carbocycles. The van der Waals surface area contributed by atoms with Crippen LogP contribution in [0, 0.1) is 0 Å². The lowest BCUT2D eigenvalue weighted by atomic mass is 9.95. The number of amides is 1. The van der Waals surface area contributed by atoms with E-state index in [2.05, 4.69) is 15.9 Å². The summed E-state index contributed by atoms with van der Waals surface area (Å²) in [7, 11) is -0.831. The van der Waals surface area contributed by atoms with Crippen molar-refractivity contribution >= 4 is 43.4 Å². The van der Waals surface area contributed by atoms with Gasteiger partial charge in [-0.05, 0) is 35.4 Å². The molecule has 198 valence electrons. The van der Waals surface area contributed by atoms with Gasteiger partial charge in [0, 0.05) is 37.1 Å². The highest BCUT2D eigenvalue weighted by Gasteiger charge is 2.44. The number of hydrogen-bond donors (Lipinski definition) is 1. The largest absolute Gasteiger partial charge is 0.872 e. The summed E-state index contributed by atoms with van der Waals surface area (Å²) in [6, 6.07) is 11.8. The van der Waals surface area contributed by atoms with Crippen LogP contribution in [-0.2, 0) is 24.3 Å². The fourth-order valence-corrected chi connectivity index (χ4v) is 6.00. The first kappa shape index (κ1) is 27.5. The molecule has 0 aliphatic carbocycles. The molecular formula is C26H30BrN3O6S. The molecule has 0 bridgehead atoms. The molecule has 37 heavy (non-hydrogen) atoms. The molecule has 0 spiro atoms. The number of carbonyl (C=O) groups is 2. The maximum absolute atomic E-state index is 13.6.